The number of benzene rings is 2. The van der Waals surface area contributed by atoms with Gasteiger partial charge >= 0.3 is 0 Å². The molecule has 0 saturated heterocycles. The molecule has 0 bridgehead atoms. The van der Waals surface area contributed by atoms with Gasteiger partial charge in [0.1, 0.15) is 0 Å². The van der Waals surface area contributed by atoms with Crippen LogP contribution in [0.4, 0.5) is 14.5 Å². The first-order chi connectivity index (χ1) is 12.8. The third kappa shape index (κ3) is 4.72. The Morgan fingerprint density at radius 1 is 1.15 bits per heavy atom. The van der Waals surface area contributed by atoms with Crippen molar-refractivity contribution in [3.05, 3.63) is 64.2 Å². The molecule has 0 atom stereocenters. The zero-order valence-electron chi connectivity index (χ0n) is 16.1. The van der Waals surface area contributed by atoms with Gasteiger partial charge in [0.15, 0.2) is 0 Å². The van der Waals surface area contributed by atoms with Crippen LogP contribution >= 0.6 is 0 Å². The number of carbonyl (C=O) groups is 1. The number of nitrogens with one attached hydrogen (secondary N) is 1. The highest BCUT2D eigenvalue weighted by atomic mass is 19.3. The van der Waals surface area contributed by atoms with Crippen molar-refractivity contribution in [2.75, 3.05) is 18.9 Å². The summed E-state index contributed by atoms with van der Waals surface area (Å²) in [7, 11) is 2.07. The number of fused-ring (bicyclic) bond motifs is 1. The Morgan fingerprint density at radius 2 is 1.93 bits per heavy atom. The van der Waals surface area contributed by atoms with Gasteiger partial charge in [0.2, 0.25) is 0 Å². The standard InChI is InChI=1S/C22H26F2N2O/c1-14(2)10-16-4-5-17(12-20(16)21(23)24)22(27)25-19-7-6-15-8-9-26(3)13-18(15)11-19/h4-7,11-12,14,21H,8-10,13H2,1-3H3,(H,25,27). The molecular weight excluding hydrogens is 346 g/mol. The van der Waals surface area contributed by atoms with Crippen LogP contribution in [0.25, 0.3) is 0 Å². The minimum absolute atomic E-state index is 0.0524. The fourth-order valence-corrected chi connectivity index (χ4v) is 3.54. The first-order valence-corrected chi connectivity index (χ1v) is 9.36. The van der Waals surface area contributed by atoms with E-state index in [1.165, 1.54) is 17.2 Å². The van der Waals surface area contributed by atoms with Gasteiger partial charge in [0, 0.05) is 29.9 Å². The SMILES string of the molecule is CC(C)Cc1ccc(C(=O)Nc2ccc3c(c2)CN(C)CC3)cc1C(F)F. The largest absolute Gasteiger partial charge is 0.322 e. The molecule has 5 heteroatoms. The third-order valence-electron chi connectivity index (χ3n) is 4.94. The van der Waals surface area contributed by atoms with Gasteiger partial charge in [-0.2, -0.15) is 0 Å². The Morgan fingerprint density at radius 3 is 2.63 bits per heavy atom. The van der Waals surface area contributed by atoms with Crippen molar-refractivity contribution in [3.8, 4) is 0 Å². The quantitative estimate of drug-likeness (QED) is 0.795. The maximum atomic E-state index is 13.4. The van der Waals surface area contributed by atoms with E-state index in [2.05, 4.69) is 17.3 Å². The summed E-state index contributed by atoms with van der Waals surface area (Å²) in [5, 5.41) is 2.85. The summed E-state index contributed by atoms with van der Waals surface area (Å²) in [4.78, 5) is 14.8. The molecular formula is C22H26F2N2O. The normalized spacial score (nSPS) is 14.5. The lowest BCUT2D eigenvalue weighted by molar-refractivity contribution is 0.102. The predicted octanol–water partition coefficient (Wildman–Crippen LogP) is 5.06. The van der Waals surface area contributed by atoms with Gasteiger partial charge < -0.3 is 10.2 Å². The van der Waals surface area contributed by atoms with E-state index in [0.717, 1.165) is 19.5 Å². The Hall–Kier alpha value is -2.27. The molecule has 3 nitrogen and oxygen atoms in total. The molecule has 3 rings (SSSR count). The second-order valence-corrected chi connectivity index (χ2v) is 7.74. The molecule has 0 aromatic heterocycles. The molecule has 0 spiro atoms. The third-order valence-corrected chi connectivity index (χ3v) is 4.94. The van der Waals surface area contributed by atoms with Gasteiger partial charge in [-0.15, -0.1) is 0 Å². The lowest BCUT2D eigenvalue weighted by Gasteiger charge is -2.25. The highest BCUT2D eigenvalue weighted by Crippen LogP contribution is 2.27. The fourth-order valence-electron chi connectivity index (χ4n) is 3.54. The van der Waals surface area contributed by atoms with E-state index < -0.39 is 6.43 Å². The zero-order valence-corrected chi connectivity index (χ0v) is 16.1. The van der Waals surface area contributed by atoms with E-state index in [1.54, 1.807) is 12.1 Å². The van der Waals surface area contributed by atoms with E-state index >= 15 is 0 Å². The summed E-state index contributed by atoms with van der Waals surface area (Å²) in [6.45, 7) is 5.85. The average Bonchev–Trinajstić information content (AvgIpc) is 2.61. The molecule has 0 unspecified atom stereocenters. The predicted molar refractivity (Wildman–Crippen MR) is 104 cm³/mol. The zero-order chi connectivity index (χ0) is 19.6. The first kappa shape index (κ1) is 19.5. The maximum Gasteiger partial charge on any atom is 0.264 e. The first-order valence-electron chi connectivity index (χ1n) is 9.36. The van der Waals surface area contributed by atoms with Crippen molar-refractivity contribution in [3.63, 3.8) is 0 Å². The van der Waals surface area contributed by atoms with Crippen molar-refractivity contribution in [2.45, 2.75) is 39.7 Å². The van der Waals surface area contributed by atoms with E-state index in [0.29, 0.717) is 17.7 Å². The number of hydrogen-bond acceptors (Lipinski definition) is 2. The number of amides is 1. The van der Waals surface area contributed by atoms with Gasteiger partial charge in [-0.3, -0.25) is 4.79 Å². The molecule has 1 N–H and O–H groups in total. The van der Waals surface area contributed by atoms with Crippen molar-refractivity contribution in [2.24, 2.45) is 5.92 Å². The minimum atomic E-state index is -2.59. The highest BCUT2D eigenvalue weighted by molar-refractivity contribution is 6.04. The Balaban J connectivity index is 1.80. The van der Waals surface area contributed by atoms with Crippen LogP contribution in [0.2, 0.25) is 0 Å². The highest BCUT2D eigenvalue weighted by Gasteiger charge is 2.18. The number of rotatable bonds is 5. The summed E-state index contributed by atoms with van der Waals surface area (Å²) in [5.74, 6) is -0.0899. The lowest BCUT2D eigenvalue weighted by Crippen LogP contribution is -2.26. The van der Waals surface area contributed by atoms with Crippen LogP contribution in [0.1, 0.15) is 52.9 Å². The topological polar surface area (TPSA) is 32.3 Å². The maximum absolute atomic E-state index is 13.4. The van der Waals surface area contributed by atoms with Crippen LogP contribution in [0.15, 0.2) is 36.4 Å². The molecule has 2 aromatic carbocycles. The molecule has 1 aliphatic heterocycles. The van der Waals surface area contributed by atoms with E-state index in [1.807, 2.05) is 32.0 Å². The lowest BCUT2D eigenvalue weighted by atomic mass is 9.96. The molecule has 144 valence electrons. The average molecular weight is 372 g/mol. The monoisotopic (exact) mass is 372 g/mol. The van der Waals surface area contributed by atoms with Crippen LogP contribution in [0, 0.1) is 5.92 Å². The molecule has 27 heavy (non-hydrogen) atoms. The number of nitrogens with zero attached hydrogens (tertiary/aromatic N) is 1. The molecule has 0 saturated carbocycles. The van der Waals surface area contributed by atoms with Gasteiger partial charge in [0.25, 0.3) is 12.3 Å². The fraction of sp³-hybridized carbons (Fsp3) is 0.409. The number of anilines is 1. The molecule has 1 heterocycles. The number of alkyl halides is 2. The van der Waals surface area contributed by atoms with Crippen LogP contribution in [0.3, 0.4) is 0 Å². The van der Waals surface area contributed by atoms with E-state index in [9.17, 15) is 13.6 Å². The molecule has 0 fully saturated rings. The summed E-state index contributed by atoms with van der Waals surface area (Å²) in [5.41, 5.74) is 3.99. The molecule has 0 radical (unpaired) electrons. The molecule has 0 aliphatic carbocycles. The molecule has 1 aliphatic rings. The Labute approximate surface area is 159 Å². The smallest absolute Gasteiger partial charge is 0.264 e. The summed E-state index contributed by atoms with van der Waals surface area (Å²) >= 11 is 0. The number of halogens is 2. The number of hydrogen-bond donors (Lipinski definition) is 1. The van der Waals surface area contributed by atoms with Gasteiger partial charge in [-0.1, -0.05) is 26.0 Å². The van der Waals surface area contributed by atoms with Crippen LogP contribution in [0.5, 0.6) is 0 Å². The van der Waals surface area contributed by atoms with Crippen LogP contribution in [-0.2, 0) is 19.4 Å². The molecule has 2 aromatic rings. The second-order valence-electron chi connectivity index (χ2n) is 7.74. The molecule has 1 amide bonds. The summed E-state index contributed by atoms with van der Waals surface area (Å²) in [6.07, 6.45) is -1.03. The number of carbonyl (C=O) groups excluding carboxylic acids is 1. The van der Waals surface area contributed by atoms with Gasteiger partial charge in [-0.05, 0) is 66.8 Å². The number of likely N-dealkylation sites (N-methyl/N-ethyl adjacent to an activating group) is 1. The second kappa shape index (κ2) is 8.17. The Bertz CT molecular complexity index is 833. The van der Waals surface area contributed by atoms with E-state index in [4.69, 9.17) is 0 Å². The summed E-state index contributed by atoms with van der Waals surface area (Å²) < 4.78 is 26.9. The van der Waals surface area contributed by atoms with E-state index in [-0.39, 0.29) is 23.0 Å². The Kier molecular flexibility index (Phi) is 5.90. The summed E-state index contributed by atoms with van der Waals surface area (Å²) in [6, 6.07) is 10.5. The van der Waals surface area contributed by atoms with Crippen molar-refractivity contribution < 1.29 is 13.6 Å². The van der Waals surface area contributed by atoms with Gasteiger partial charge in [0.05, 0.1) is 0 Å². The minimum Gasteiger partial charge on any atom is -0.322 e. The van der Waals surface area contributed by atoms with Crippen LogP contribution in [-0.4, -0.2) is 24.4 Å². The van der Waals surface area contributed by atoms with Crippen molar-refractivity contribution in [1.82, 2.24) is 4.90 Å². The van der Waals surface area contributed by atoms with Gasteiger partial charge in [-0.25, -0.2) is 8.78 Å². The van der Waals surface area contributed by atoms with Crippen molar-refractivity contribution >= 4 is 11.6 Å². The van der Waals surface area contributed by atoms with Crippen molar-refractivity contribution in [1.29, 1.82) is 0 Å². The van der Waals surface area contributed by atoms with Crippen LogP contribution < -0.4 is 5.32 Å².